The van der Waals surface area contributed by atoms with Gasteiger partial charge in [-0.05, 0) is 31.0 Å². The predicted octanol–water partition coefficient (Wildman–Crippen LogP) is 5.66. The lowest BCUT2D eigenvalue weighted by molar-refractivity contribution is -0.124. The Hall–Kier alpha value is -4.70. The second-order valence-corrected chi connectivity index (χ2v) is 11.8. The van der Waals surface area contributed by atoms with Gasteiger partial charge < -0.3 is 19.3 Å². The minimum absolute atomic E-state index is 0.00628. The molecular formula is C34H32ClF2N7O3. The van der Waals surface area contributed by atoms with Gasteiger partial charge in [-0.2, -0.15) is 15.2 Å². The first-order chi connectivity index (χ1) is 22.8. The first-order valence-electron chi connectivity index (χ1n) is 15.1. The summed E-state index contributed by atoms with van der Waals surface area (Å²) in [6.45, 7) is 0.643. The molecule has 0 N–H and O–H groups in total. The highest BCUT2D eigenvalue weighted by Gasteiger charge is 2.31. The summed E-state index contributed by atoms with van der Waals surface area (Å²) in [5, 5.41) is 11.8. The van der Waals surface area contributed by atoms with Gasteiger partial charge in [-0.1, -0.05) is 41.9 Å². The number of rotatable bonds is 9. The molecule has 13 heteroatoms. The second-order valence-electron chi connectivity index (χ2n) is 11.3. The number of nitrogens with zero attached hydrogens (tertiary/aromatic N) is 7. The molecule has 1 amide bonds. The number of likely N-dealkylation sites (N-methyl/N-ethyl adjacent to an activating group) is 1. The standard InChI is InChI=1S/C34H32ClF2N7O3/c1-42-19-24(46-2)16-23(42)20-47-34-40-32-26(17-39-31(30(32)37)25-8-3-6-21-7-4-9-27(35)29(21)25)33(41-34)43-14-15-44(22(18-43)11-13-38)28(45)10-5-12-36/h3-10,17-18,23-24H,11-12,14-16,19-20H2,1-2H3/b10-5+/t23-,24+/m0/s1. The molecule has 242 valence electrons. The number of ether oxygens (including phenoxy) is 2. The molecular weight excluding hydrogens is 628 g/mol. The van der Waals surface area contributed by atoms with Crippen molar-refractivity contribution in [3.8, 4) is 23.3 Å². The van der Waals surface area contributed by atoms with Crippen molar-refractivity contribution < 1.29 is 23.0 Å². The fourth-order valence-electron chi connectivity index (χ4n) is 6.09. The Morgan fingerprint density at radius 3 is 2.77 bits per heavy atom. The van der Waals surface area contributed by atoms with Crippen LogP contribution in [0.3, 0.4) is 0 Å². The Bertz CT molecular complexity index is 1930. The summed E-state index contributed by atoms with van der Waals surface area (Å²) >= 11 is 6.58. The lowest BCUT2D eigenvalue weighted by atomic mass is 10.0. The molecule has 0 bridgehead atoms. The average Bonchev–Trinajstić information content (AvgIpc) is 3.45. The van der Waals surface area contributed by atoms with Crippen molar-refractivity contribution in [2.75, 3.05) is 52.0 Å². The van der Waals surface area contributed by atoms with Crippen molar-refractivity contribution in [3.63, 3.8) is 0 Å². The number of alkyl halides is 1. The van der Waals surface area contributed by atoms with Crippen LogP contribution in [-0.4, -0.2) is 89.9 Å². The molecule has 0 aliphatic carbocycles. The Labute approximate surface area is 275 Å². The maximum atomic E-state index is 16.7. The van der Waals surface area contributed by atoms with Crippen LogP contribution < -0.4 is 9.64 Å². The van der Waals surface area contributed by atoms with Gasteiger partial charge in [0.15, 0.2) is 5.82 Å². The number of hydrogen-bond donors (Lipinski definition) is 0. The number of fused-ring (bicyclic) bond motifs is 2. The van der Waals surface area contributed by atoms with E-state index in [9.17, 15) is 14.4 Å². The van der Waals surface area contributed by atoms with Crippen molar-refractivity contribution in [2.45, 2.75) is 25.0 Å². The number of allylic oxidation sites excluding steroid dienone is 2. The summed E-state index contributed by atoms with van der Waals surface area (Å²) in [7, 11) is 3.66. The number of anilines is 1. The highest BCUT2D eigenvalue weighted by Crippen LogP contribution is 2.38. The number of aromatic nitrogens is 3. The zero-order valence-electron chi connectivity index (χ0n) is 25.9. The molecule has 47 heavy (non-hydrogen) atoms. The van der Waals surface area contributed by atoms with Crippen LogP contribution in [0.15, 0.2) is 66.6 Å². The SMILES string of the molecule is CO[C@@H]1C[C@@H](COc2nc(N3C=C(CC#N)N(C(=O)/C=C/CF)CC3)c3cnc(-c4cccc5cccc(Cl)c45)c(F)c3n2)N(C)C1. The van der Waals surface area contributed by atoms with Crippen LogP contribution in [0.1, 0.15) is 12.8 Å². The van der Waals surface area contributed by atoms with E-state index in [1.54, 1.807) is 30.3 Å². The molecule has 10 nitrogen and oxygen atoms in total. The van der Waals surface area contributed by atoms with Gasteiger partial charge >= 0.3 is 6.01 Å². The lowest BCUT2D eigenvalue weighted by Gasteiger charge is -2.33. The monoisotopic (exact) mass is 659 g/mol. The molecule has 0 radical (unpaired) electrons. The molecule has 2 aromatic carbocycles. The van der Waals surface area contributed by atoms with Crippen molar-refractivity contribution >= 4 is 45.0 Å². The summed E-state index contributed by atoms with van der Waals surface area (Å²) in [5.74, 6) is -0.816. The van der Waals surface area contributed by atoms with Gasteiger partial charge in [-0.3, -0.25) is 14.7 Å². The van der Waals surface area contributed by atoms with E-state index in [-0.39, 0.29) is 55.5 Å². The Balaban J connectivity index is 1.46. The van der Waals surface area contributed by atoms with Gasteiger partial charge in [-0.25, -0.2) is 8.78 Å². The number of benzene rings is 2. The van der Waals surface area contributed by atoms with Gasteiger partial charge in [0, 0.05) is 67.2 Å². The average molecular weight is 660 g/mol. The maximum absolute atomic E-state index is 16.7. The molecule has 0 unspecified atom stereocenters. The number of hydrogen-bond acceptors (Lipinski definition) is 9. The van der Waals surface area contributed by atoms with Gasteiger partial charge in [0.1, 0.15) is 30.3 Å². The van der Waals surface area contributed by atoms with Crippen LogP contribution in [-0.2, 0) is 9.53 Å². The molecule has 0 spiro atoms. The first-order valence-corrected chi connectivity index (χ1v) is 15.5. The third-order valence-electron chi connectivity index (χ3n) is 8.50. The Morgan fingerprint density at radius 2 is 2.02 bits per heavy atom. The van der Waals surface area contributed by atoms with Gasteiger partial charge in [0.25, 0.3) is 5.91 Å². The zero-order chi connectivity index (χ0) is 33.1. The minimum Gasteiger partial charge on any atom is -0.462 e. The highest BCUT2D eigenvalue weighted by atomic mass is 35.5. The summed E-state index contributed by atoms with van der Waals surface area (Å²) in [4.78, 5) is 31.8. The number of pyridine rings is 1. The van der Waals surface area contributed by atoms with Crippen LogP contribution in [0.5, 0.6) is 6.01 Å². The Morgan fingerprint density at radius 1 is 1.21 bits per heavy atom. The number of nitriles is 1. The number of likely N-dealkylation sites (tertiary alicyclic amines) is 1. The van der Waals surface area contributed by atoms with E-state index in [4.69, 9.17) is 26.1 Å². The number of methoxy groups -OCH3 is 1. The number of carbonyl (C=O) groups excluding carboxylic acids is 1. The molecule has 6 rings (SSSR count). The van der Waals surface area contributed by atoms with Crippen LogP contribution in [0.4, 0.5) is 14.6 Å². The van der Waals surface area contributed by atoms with E-state index in [1.807, 2.05) is 31.3 Å². The number of carbonyl (C=O) groups is 1. The van der Waals surface area contributed by atoms with Crippen LogP contribution in [0, 0.1) is 17.1 Å². The van der Waals surface area contributed by atoms with Gasteiger partial charge in [0.05, 0.1) is 29.7 Å². The number of halogens is 3. The summed E-state index contributed by atoms with van der Waals surface area (Å²) in [5.41, 5.74) is 0.961. The fourth-order valence-corrected chi connectivity index (χ4v) is 6.38. The van der Waals surface area contributed by atoms with Gasteiger partial charge in [-0.15, -0.1) is 0 Å². The van der Waals surface area contributed by atoms with Crippen molar-refractivity contribution in [3.05, 3.63) is 77.5 Å². The van der Waals surface area contributed by atoms with Crippen LogP contribution in [0.2, 0.25) is 5.02 Å². The molecule has 2 aromatic heterocycles. The van der Waals surface area contributed by atoms with Gasteiger partial charge in [0.2, 0.25) is 0 Å². The topological polar surface area (TPSA) is 108 Å². The molecule has 2 aliphatic rings. The third-order valence-corrected chi connectivity index (χ3v) is 8.82. The minimum atomic E-state index is -0.785. The van der Waals surface area contributed by atoms with E-state index in [2.05, 4.69) is 20.9 Å². The molecule has 1 fully saturated rings. The third kappa shape index (κ3) is 6.47. The summed E-state index contributed by atoms with van der Waals surface area (Å²) < 4.78 is 41.0. The van der Waals surface area contributed by atoms with Crippen molar-refractivity contribution in [1.82, 2.24) is 24.8 Å². The van der Waals surface area contributed by atoms with E-state index >= 15 is 4.39 Å². The highest BCUT2D eigenvalue weighted by molar-refractivity contribution is 6.36. The van der Waals surface area contributed by atoms with E-state index < -0.39 is 18.4 Å². The smallest absolute Gasteiger partial charge is 0.319 e. The molecule has 2 aliphatic heterocycles. The summed E-state index contributed by atoms with van der Waals surface area (Å²) in [6, 6.07) is 13.0. The Kier molecular flexibility index (Phi) is 9.58. The van der Waals surface area contributed by atoms with E-state index in [0.29, 0.717) is 32.9 Å². The predicted molar refractivity (Wildman–Crippen MR) is 175 cm³/mol. The zero-order valence-corrected chi connectivity index (χ0v) is 26.6. The van der Waals surface area contributed by atoms with E-state index in [1.165, 1.54) is 11.1 Å². The van der Waals surface area contributed by atoms with Crippen LogP contribution in [0.25, 0.3) is 32.9 Å². The second kappa shape index (κ2) is 14.0. The molecule has 1 saturated heterocycles. The quantitative estimate of drug-likeness (QED) is 0.210. The normalized spacial score (nSPS) is 18.7. The molecule has 0 saturated carbocycles. The fraction of sp³-hybridized carbons (Fsp3) is 0.324. The largest absolute Gasteiger partial charge is 0.462 e. The maximum Gasteiger partial charge on any atom is 0.319 e. The number of amides is 1. The van der Waals surface area contributed by atoms with Crippen molar-refractivity contribution in [2.24, 2.45) is 0 Å². The molecule has 4 aromatic rings. The first kappa shape index (κ1) is 32.2. The summed E-state index contributed by atoms with van der Waals surface area (Å²) in [6.07, 6.45) is 6.12. The lowest BCUT2D eigenvalue weighted by Crippen LogP contribution is -2.41. The molecule has 2 atom stereocenters. The molecule has 4 heterocycles. The van der Waals surface area contributed by atoms with Crippen molar-refractivity contribution in [1.29, 1.82) is 5.26 Å². The van der Waals surface area contributed by atoms with Crippen LogP contribution >= 0.6 is 11.6 Å². The van der Waals surface area contributed by atoms with E-state index in [0.717, 1.165) is 30.5 Å².